The third kappa shape index (κ3) is 3.17. The van der Waals surface area contributed by atoms with E-state index in [-0.39, 0.29) is 0 Å². The summed E-state index contributed by atoms with van der Waals surface area (Å²) in [6.07, 6.45) is 3.84. The summed E-state index contributed by atoms with van der Waals surface area (Å²) < 4.78 is 2.67. The molecular weight excluding hydrogens is 216 g/mol. The van der Waals surface area contributed by atoms with Gasteiger partial charge in [-0.25, -0.2) is 0 Å². The first-order valence-electron chi connectivity index (χ1n) is 5.43. The number of pyridine rings is 1. The van der Waals surface area contributed by atoms with Gasteiger partial charge >= 0.3 is 0 Å². The lowest BCUT2D eigenvalue weighted by molar-refractivity contribution is 1.27. The topological polar surface area (TPSA) is 16.1 Å². The average molecular weight is 238 g/mol. The zero-order valence-electron chi connectivity index (χ0n) is 10.7. The maximum atomic E-state index is 4.24. The Morgan fingerprint density at radius 3 is 1.87 bits per heavy atom. The fourth-order valence-electron chi connectivity index (χ4n) is 2.27. The van der Waals surface area contributed by atoms with E-state index in [4.69, 9.17) is 0 Å². The molecule has 84 valence electrons. The molecule has 0 aliphatic heterocycles. The molecule has 0 spiro atoms. The van der Waals surface area contributed by atoms with Crippen LogP contribution >= 0.6 is 0 Å². The van der Waals surface area contributed by atoms with Crippen LogP contribution in [0.5, 0.6) is 0 Å². The van der Waals surface area contributed by atoms with Crippen LogP contribution in [0.2, 0.25) is 39.3 Å². The van der Waals surface area contributed by atoms with Gasteiger partial charge in [0.2, 0.25) is 0 Å². The van der Waals surface area contributed by atoms with E-state index in [1.807, 2.05) is 18.5 Å². The molecule has 15 heavy (non-hydrogen) atoms. The number of nitrogens with zero attached hydrogens (tertiary/aromatic N) is 2. The lowest BCUT2D eigenvalue weighted by Crippen LogP contribution is -2.59. The van der Waals surface area contributed by atoms with Crippen molar-refractivity contribution in [2.45, 2.75) is 39.3 Å². The van der Waals surface area contributed by atoms with Crippen LogP contribution in [0, 0.1) is 0 Å². The molecule has 0 atom stereocenters. The molecule has 1 aromatic rings. The molecule has 4 heteroatoms. The second-order valence-electron chi connectivity index (χ2n) is 5.89. The second kappa shape index (κ2) is 4.10. The average Bonchev–Trinajstić information content (AvgIpc) is 2.00. The van der Waals surface area contributed by atoms with Gasteiger partial charge in [-0.05, 0) is 12.1 Å². The van der Waals surface area contributed by atoms with Crippen molar-refractivity contribution in [3.8, 4) is 0 Å². The van der Waals surface area contributed by atoms with Crippen molar-refractivity contribution >= 4 is 22.2 Å². The summed E-state index contributed by atoms with van der Waals surface area (Å²) in [5, 5.41) is 0. The first-order chi connectivity index (χ1) is 6.73. The monoisotopic (exact) mass is 238 g/mol. The van der Waals surface area contributed by atoms with E-state index >= 15 is 0 Å². The second-order valence-corrected chi connectivity index (χ2v) is 15.9. The van der Waals surface area contributed by atoms with E-state index in [1.54, 1.807) is 0 Å². The zero-order valence-corrected chi connectivity index (χ0v) is 12.7. The molecule has 0 saturated carbocycles. The standard InChI is InChI=1S/C11H22N2Si2/c1-14(2,3)13(15(4,5)6)11-8-7-9-12-10-11/h7-10H,1-6H3. The zero-order chi connectivity index (χ0) is 11.7. The van der Waals surface area contributed by atoms with Crippen molar-refractivity contribution in [1.29, 1.82) is 0 Å². The van der Waals surface area contributed by atoms with Crippen molar-refractivity contribution in [3.63, 3.8) is 0 Å². The molecule has 0 fully saturated rings. The third-order valence-corrected chi connectivity index (χ3v) is 9.47. The van der Waals surface area contributed by atoms with Crippen LogP contribution in [-0.2, 0) is 0 Å². The SMILES string of the molecule is C[Si](C)(C)N(c1cccnc1)[Si](C)(C)C. The smallest absolute Gasteiger partial charge is 0.138 e. The lowest BCUT2D eigenvalue weighted by atomic mass is 10.4. The quantitative estimate of drug-likeness (QED) is 0.749. The number of hydrogen-bond acceptors (Lipinski definition) is 2. The van der Waals surface area contributed by atoms with Gasteiger partial charge in [0, 0.05) is 18.1 Å². The van der Waals surface area contributed by atoms with Crippen LogP contribution in [0.25, 0.3) is 0 Å². The van der Waals surface area contributed by atoms with Gasteiger partial charge in [-0.15, -0.1) is 0 Å². The predicted octanol–water partition coefficient (Wildman–Crippen LogP) is 3.56. The number of aromatic nitrogens is 1. The molecule has 0 bridgehead atoms. The van der Waals surface area contributed by atoms with Gasteiger partial charge < -0.3 is 4.23 Å². The first-order valence-corrected chi connectivity index (χ1v) is 12.3. The Hall–Kier alpha value is -0.616. The van der Waals surface area contributed by atoms with E-state index in [0.29, 0.717) is 0 Å². The highest BCUT2D eigenvalue weighted by atomic mass is 28.4. The van der Waals surface area contributed by atoms with E-state index in [9.17, 15) is 0 Å². The van der Waals surface area contributed by atoms with Crippen molar-refractivity contribution in [1.82, 2.24) is 4.98 Å². The van der Waals surface area contributed by atoms with Gasteiger partial charge in [0.1, 0.15) is 16.5 Å². The largest absolute Gasteiger partial charge is 0.423 e. The number of rotatable bonds is 3. The van der Waals surface area contributed by atoms with Crippen LogP contribution in [0.3, 0.4) is 0 Å². The molecule has 0 amide bonds. The molecule has 0 aromatic carbocycles. The molecular formula is C11H22N2Si2. The Morgan fingerprint density at radius 2 is 1.53 bits per heavy atom. The van der Waals surface area contributed by atoms with Gasteiger partial charge in [0.15, 0.2) is 0 Å². The van der Waals surface area contributed by atoms with Gasteiger partial charge in [0.05, 0.1) is 0 Å². The van der Waals surface area contributed by atoms with Crippen molar-refractivity contribution in [2.75, 3.05) is 4.23 Å². The minimum atomic E-state index is -1.31. The molecule has 1 aromatic heterocycles. The Bertz CT molecular complexity index is 298. The fourth-order valence-corrected chi connectivity index (χ4v) is 12.1. The molecule has 0 saturated heterocycles. The summed E-state index contributed by atoms with van der Waals surface area (Å²) in [5.41, 5.74) is 1.30. The summed E-state index contributed by atoms with van der Waals surface area (Å²) in [7, 11) is -2.62. The minimum Gasteiger partial charge on any atom is -0.423 e. The van der Waals surface area contributed by atoms with Crippen LogP contribution in [0.15, 0.2) is 24.5 Å². The maximum absolute atomic E-state index is 4.24. The van der Waals surface area contributed by atoms with Crippen LogP contribution in [0.4, 0.5) is 5.69 Å². The summed E-state index contributed by atoms with van der Waals surface area (Å²) in [6.45, 7) is 14.4. The van der Waals surface area contributed by atoms with E-state index in [2.05, 4.69) is 54.6 Å². The molecule has 0 N–H and O–H groups in total. The molecule has 0 radical (unpaired) electrons. The van der Waals surface area contributed by atoms with Crippen LogP contribution < -0.4 is 4.23 Å². The maximum Gasteiger partial charge on any atom is 0.138 e. The Labute approximate surface area is 95.5 Å². The van der Waals surface area contributed by atoms with Gasteiger partial charge in [-0.2, -0.15) is 0 Å². The highest BCUT2D eigenvalue weighted by molar-refractivity contribution is 6.99. The van der Waals surface area contributed by atoms with Crippen molar-refractivity contribution in [2.24, 2.45) is 0 Å². The first kappa shape index (κ1) is 12.5. The summed E-state index contributed by atoms with van der Waals surface area (Å²) in [4.78, 5) is 4.24. The predicted molar refractivity (Wildman–Crippen MR) is 73.4 cm³/mol. The summed E-state index contributed by atoms with van der Waals surface area (Å²) in [5.74, 6) is 0. The number of anilines is 1. The Balaban J connectivity index is 3.15. The Morgan fingerprint density at radius 1 is 1.00 bits per heavy atom. The minimum absolute atomic E-state index is 1.30. The summed E-state index contributed by atoms with van der Waals surface area (Å²) in [6, 6.07) is 4.21. The van der Waals surface area contributed by atoms with Crippen LogP contribution in [-0.4, -0.2) is 21.5 Å². The molecule has 0 aliphatic carbocycles. The molecule has 2 nitrogen and oxygen atoms in total. The normalized spacial score (nSPS) is 12.7. The van der Waals surface area contributed by atoms with E-state index in [1.165, 1.54) is 5.69 Å². The van der Waals surface area contributed by atoms with Gasteiger partial charge in [0.25, 0.3) is 0 Å². The van der Waals surface area contributed by atoms with Crippen LogP contribution in [0.1, 0.15) is 0 Å². The fraction of sp³-hybridized carbons (Fsp3) is 0.545. The molecule has 1 heterocycles. The molecule has 1 rings (SSSR count). The van der Waals surface area contributed by atoms with E-state index in [0.717, 1.165) is 0 Å². The third-order valence-electron chi connectivity index (χ3n) is 2.25. The van der Waals surface area contributed by atoms with Crippen molar-refractivity contribution < 1.29 is 0 Å². The lowest BCUT2D eigenvalue weighted by Gasteiger charge is -2.45. The van der Waals surface area contributed by atoms with Gasteiger partial charge in [-0.1, -0.05) is 39.3 Å². The highest BCUT2D eigenvalue weighted by Gasteiger charge is 2.34. The molecule has 0 aliphatic rings. The summed E-state index contributed by atoms with van der Waals surface area (Å²) >= 11 is 0. The Kier molecular flexibility index (Phi) is 3.40. The van der Waals surface area contributed by atoms with Gasteiger partial charge in [-0.3, -0.25) is 4.98 Å². The highest BCUT2D eigenvalue weighted by Crippen LogP contribution is 2.27. The van der Waals surface area contributed by atoms with Crippen molar-refractivity contribution in [3.05, 3.63) is 24.5 Å². The number of hydrogen-bond donors (Lipinski definition) is 0. The molecule has 0 unspecified atom stereocenters. The van der Waals surface area contributed by atoms with E-state index < -0.39 is 16.5 Å².